The maximum Gasteiger partial charge on any atom is 0.422 e. The number of ether oxygens (including phenoxy) is 3. The lowest BCUT2D eigenvalue weighted by Crippen LogP contribution is -2.36. The average molecular weight is 553 g/mol. The van der Waals surface area contributed by atoms with Crippen LogP contribution < -0.4 is 24.8 Å². The van der Waals surface area contributed by atoms with Crippen molar-refractivity contribution in [2.45, 2.75) is 26.2 Å². The molecule has 0 aliphatic carbocycles. The molecule has 0 heterocycles. The summed E-state index contributed by atoms with van der Waals surface area (Å²) >= 11 is 0. The van der Waals surface area contributed by atoms with Crippen molar-refractivity contribution >= 4 is 29.9 Å². The van der Waals surface area contributed by atoms with Gasteiger partial charge in [-0.1, -0.05) is 24.3 Å². The molecule has 0 radical (unpaired) electrons. The lowest BCUT2D eigenvalue weighted by Gasteiger charge is -2.17. The number of hydrogen-bond donors (Lipinski definition) is 2. The standard InChI is InChI=1S/C21H26F3N3O3.HI/c1-14-8-9-15(18(10-14)30-13-21(22,23)24)11-26-20(25-2)27-12-16-6-5-7-17(28-3)19(16)29-4;/h5-10H,11-13H2,1-4H3,(H2,25,26,27);1H. The Hall–Kier alpha value is -2.37. The van der Waals surface area contributed by atoms with Gasteiger partial charge in [-0.3, -0.25) is 4.99 Å². The van der Waals surface area contributed by atoms with E-state index in [4.69, 9.17) is 14.2 Å². The van der Waals surface area contributed by atoms with Gasteiger partial charge in [0.15, 0.2) is 24.1 Å². The molecule has 172 valence electrons. The van der Waals surface area contributed by atoms with Crippen LogP contribution in [0.1, 0.15) is 16.7 Å². The second-order valence-electron chi connectivity index (χ2n) is 6.45. The molecule has 10 heteroatoms. The Morgan fingerprint density at radius 1 is 0.968 bits per heavy atom. The molecule has 0 spiro atoms. The summed E-state index contributed by atoms with van der Waals surface area (Å²) in [6, 6.07) is 10.7. The van der Waals surface area contributed by atoms with Gasteiger partial charge in [-0.2, -0.15) is 13.2 Å². The Balaban J connectivity index is 0.00000480. The van der Waals surface area contributed by atoms with Crippen molar-refractivity contribution in [2.24, 2.45) is 4.99 Å². The zero-order valence-corrected chi connectivity index (χ0v) is 20.1. The Morgan fingerprint density at radius 2 is 1.65 bits per heavy atom. The second-order valence-corrected chi connectivity index (χ2v) is 6.45. The Morgan fingerprint density at radius 3 is 2.23 bits per heavy atom. The van der Waals surface area contributed by atoms with Crippen LogP contribution in [0.5, 0.6) is 17.2 Å². The summed E-state index contributed by atoms with van der Waals surface area (Å²) in [6.45, 7) is 1.10. The zero-order chi connectivity index (χ0) is 22.1. The van der Waals surface area contributed by atoms with Crippen LogP contribution in [0.15, 0.2) is 41.4 Å². The molecule has 2 N–H and O–H groups in total. The molecular weight excluding hydrogens is 526 g/mol. The number of aliphatic imine (C=N–C) groups is 1. The topological polar surface area (TPSA) is 64.1 Å². The van der Waals surface area contributed by atoms with Crippen molar-refractivity contribution in [3.63, 3.8) is 0 Å². The lowest BCUT2D eigenvalue weighted by atomic mass is 10.1. The molecule has 6 nitrogen and oxygen atoms in total. The SMILES string of the molecule is CN=C(NCc1ccc(C)cc1OCC(F)(F)F)NCc1cccc(OC)c1OC.I. The van der Waals surface area contributed by atoms with Gasteiger partial charge in [0, 0.05) is 31.3 Å². The number of para-hydroxylation sites is 1. The first-order valence-electron chi connectivity index (χ1n) is 9.21. The van der Waals surface area contributed by atoms with E-state index in [0.29, 0.717) is 29.6 Å². The number of alkyl halides is 3. The van der Waals surface area contributed by atoms with Crippen LogP contribution in [0.25, 0.3) is 0 Å². The van der Waals surface area contributed by atoms with Gasteiger partial charge >= 0.3 is 6.18 Å². The highest BCUT2D eigenvalue weighted by Crippen LogP contribution is 2.30. The van der Waals surface area contributed by atoms with E-state index in [-0.39, 0.29) is 36.3 Å². The van der Waals surface area contributed by atoms with Crippen LogP contribution in [0, 0.1) is 6.92 Å². The first kappa shape index (κ1) is 26.7. The maximum absolute atomic E-state index is 12.5. The normalized spacial score (nSPS) is 11.4. The summed E-state index contributed by atoms with van der Waals surface area (Å²) in [7, 11) is 4.73. The van der Waals surface area contributed by atoms with Crippen molar-refractivity contribution < 1.29 is 27.4 Å². The third kappa shape index (κ3) is 8.35. The molecule has 0 bridgehead atoms. The first-order chi connectivity index (χ1) is 14.3. The minimum atomic E-state index is -4.40. The molecule has 0 saturated carbocycles. The van der Waals surface area contributed by atoms with Crippen LogP contribution in [0.2, 0.25) is 0 Å². The summed E-state index contributed by atoms with van der Waals surface area (Å²) in [6.07, 6.45) is -4.40. The third-order valence-electron chi connectivity index (χ3n) is 4.21. The van der Waals surface area contributed by atoms with E-state index < -0.39 is 12.8 Å². The van der Waals surface area contributed by atoms with E-state index >= 15 is 0 Å². The van der Waals surface area contributed by atoms with E-state index in [9.17, 15) is 13.2 Å². The fourth-order valence-electron chi connectivity index (χ4n) is 2.77. The molecule has 0 aliphatic rings. The Bertz CT molecular complexity index is 877. The van der Waals surface area contributed by atoms with Gasteiger partial charge in [0.05, 0.1) is 14.2 Å². The molecule has 0 aromatic heterocycles. The van der Waals surface area contributed by atoms with E-state index in [1.165, 1.54) is 0 Å². The number of nitrogens with one attached hydrogen (secondary N) is 2. The van der Waals surface area contributed by atoms with Gasteiger partial charge < -0.3 is 24.8 Å². The maximum atomic E-state index is 12.5. The van der Waals surface area contributed by atoms with Crippen molar-refractivity contribution in [2.75, 3.05) is 27.9 Å². The number of methoxy groups -OCH3 is 2. The van der Waals surface area contributed by atoms with Gasteiger partial charge in [-0.05, 0) is 24.6 Å². The van der Waals surface area contributed by atoms with Crippen LogP contribution in [-0.4, -0.2) is 40.0 Å². The van der Waals surface area contributed by atoms with Crippen molar-refractivity contribution in [1.29, 1.82) is 0 Å². The number of rotatable bonds is 8. The summed E-state index contributed by atoms with van der Waals surface area (Å²) in [5, 5.41) is 6.24. The zero-order valence-electron chi connectivity index (χ0n) is 17.8. The molecule has 31 heavy (non-hydrogen) atoms. The quantitative estimate of drug-likeness (QED) is 0.288. The van der Waals surface area contributed by atoms with Crippen molar-refractivity contribution in [3.05, 3.63) is 53.1 Å². The highest BCUT2D eigenvalue weighted by Gasteiger charge is 2.28. The van der Waals surface area contributed by atoms with E-state index in [1.54, 1.807) is 46.4 Å². The van der Waals surface area contributed by atoms with Crippen LogP contribution in [0.3, 0.4) is 0 Å². The molecule has 0 unspecified atom stereocenters. The lowest BCUT2D eigenvalue weighted by molar-refractivity contribution is -0.153. The summed E-state index contributed by atoms with van der Waals surface area (Å²) in [4.78, 5) is 4.15. The average Bonchev–Trinajstić information content (AvgIpc) is 2.72. The number of benzene rings is 2. The molecule has 0 fully saturated rings. The largest absolute Gasteiger partial charge is 0.493 e. The van der Waals surface area contributed by atoms with Crippen molar-refractivity contribution in [3.8, 4) is 17.2 Å². The van der Waals surface area contributed by atoms with Gasteiger partial charge in [-0.25, -0.2) is 0 Å². The Labute approximate surface area is 197 Å². The van der Waals surface area contributed by atoms with Crippen LogP contribution in [0.4, 0.5) is 13.2 Å². The van der Waals surface area contributed by atoms with Crippen LogP contribution >= 0.6 is 24.0 Å². The number of aryl methyl sites for hydroxylation is 1. The van der Waals surface area contributed by atoms with Gasteiger partial charge in [0.25, 0.3) is 0 Å². The highest BCUT2D eigenvalue weighted by molar-refractivity contribution is 14.0. The van der Waals surface area contributed by atoms with Crippen LogP contribution in [-0.2, 0) is 13.1 Å². The number of halogens is 4. The smallest absolute Gasteiger partial charge is 0.422 e. The monoisotopic (exact) mass is 553 g/mol. The van der Waals surface area contributed by atoms with E-state index in [1.807, 2.05) is 18.2 Å². The number of guanidine groups is 1. The fraction of sp³-hybridized carbons (Fsp3) is 0.381. The second kappa shape index (κ2) is 12.5. The molecule has 0 atom stereocenters. The molecule has 0 aliphatic heterocycles. The summed E-state index contributed by atoms with van der Waals surface area (Å²) in [5.41, 5.74) is 2.26. The molecule has 2 aromatic carbocycles. The molecule has 2 aromatic rings. The Kier molecular flexibility index (Phi) is 10.7. The molecule has 0 amide bonds. The minimum Gasteiger partial charge on any atom is -0.493 e. The highest BCUT2D eigenvalue weighted by atomic mass is 127. The van der Waals surface area contributed by atoms with E-state index in [0.717, 1.165) is 11.1 Å². The minimum absolute atomic E-state index is 0. The molecule has 2 rings (SSSR count). The predicted octanol–water partition coefficient (Wildman–Crippen LogP) is 4.44. The van der Waals surface area contributed by atoms with Gasteiger partial charge in [-0.15, -0.1) is 24.0 Å². The van der Waals surface area contributed by atoms with Gasteiger partial charge in [0.2, 0.25) is 0 Å². The summed E-state index contributed by atoms with van der Waals surface area (Å²) < 4.78 is 53.3. The first-order valence-corrected chi connectivity index (χ1v) is 9.21. The van der Waals surface area contributed by atoms with Crippen molar-refractivity contribution in [1.82, 2.24) is 10.6 Å². The van der Waals surface area contributed by atoms with E-state index in [2.05, 4.69) is 15.6 Å². The fourth-order valence-corrected chi connectivity index (χ4v) is 2.77. The molecular formula is C21H27F3IN3O3. The predicted molar refractivity (Wildman–Crippen MR) is 125 cm³/mol. The third-order valence-corrected chi connectivity index (χ3v) is 4.21. The molecule has 0 saturated heterocycles. The number of nitrogens with zero attached hydrogens (tertiary/aromatic N) is 1. The number of hydrogen-bond acceptors (Lipinski definition) is 4. The van der Waals surface area contributed by atoms with Gasteiger partial charge in [0.1, 0.15) is 5.75 Å². The summed E-state index contributed by atoms with van der Waals surface area (Å²) in [5.74, 6) is 1.89.